The molecule has 0 unspecified atom stereocenters. The summed E-state index contributed by atoms with van der Waals surface area (Å²) in [4.78, 5) is 10.8. The summed E-state index contributed by atoms with van der Waals surface area (Å²) in [5.41, 5.74) is 1.63. The average Bonchev–Trinajstić information content (AvgIpc) is 2.96. The topological polar surface area (TPSA) is 76.2 Å². The Kier molecular flexibility index (Phi) is 2.38. The summed E-state index contributed by atoms with van der Waals surface area (Å²) in [7, 11) is 0. The number of fused-ring (bicyclic) bond motifs is 1. The fourth-order valence-corrected chi connectivity index (χ4v) is 2.67. The van der Waals surface area contributed by atoms with Crippen molar-refractivity contribution in [1.29, 1.82) is 0 Å². The van der Waals surface area contributed by atoms with Crippen LogP contribution in [0.2, 0.25) is 0 Å². The van der Waals surface area contributed by atoms with Crippen LogP contribution in [0.25, 0.3) is 21.4 Å². The first kappa shape index (κ1) is 10.9. The summed E-state index contributed by atoms with van der Waals surface area (Å²) in [5.74, 6) is -0.654. The van der Waals surface area contributed by atoms with E-state index in [0.717, 1.165) is 21.3 Å². The third-order valence-electron chi connectivity index (χ3n) is 2.66. The zero-order chi connectivity index (χ0) is 12.7. The lowest BCUT2D eigenvalue weighted by Crippen LogP contribution is -1.94. The molecular formula is C12H8N2O3S. The summed E-state index contributed by atoms with van der Waals surface area (Å²) in [6, 6.07) is 7.15. The van der Waals surface area contributed by atoms with Crippen molar-refractivity contribution in [2.45, 2.75) is 6.92 Å². The quantitative estimate of drug-likeness (QED) is 0.766. The fourth-order valence-electron chi connectivity index (χ4n) is 1.85. The SMILES string of the molecule is Cc1nsc2cccc(-c3cc(C(=O)O)no3)c12. The normalized spacial score (nSPS) is 10.9. The molecule has 0 saturated carbocycles. The number of aryl methyl sites for hydroxylation is 1. The van der Waals surface area contributed by atoms with Gasteiger partial charge in [-0.3, -0.25) is 0 Å². The van der Waals surface area contributed by atoms with Crippen molar-refractivity contribution in [3.8, 4) is 11.3 Å². The molecule has 18 heavy (non-hydrogen) atoms. The molecule has 0 saturated heterocycles. The van der Waals surface area contributed by atoms with Crippen LogP contribution >= 0.6 is 11.5 Å². The maximum absolute atomic E-state index is 10.8. The van der Waals surface area contributed by atoms with Crippen molar-refractivity contribution in [2.24, 2.45) is 0 Å². The standard InChI is InChI=1S/C12H8N2O3S/c1-6-11-7(3-2-4-10(11)18-14-6)9-5-8(12(15)16)13-17-9/h2-5H,1H3,(H,15,16). The van der Waals surface area contributed by atoms with E-state index in [1.807, 2.05) is 25.1 Å². The number of aromatic nitrogens is 2. The van der Waals surface area contributed by atoms with Gasteiger partial charge < -0.3 is 9.63 Å². The zero-order valence-corrected chi connectivity index (χ0v) is 10.2. The molecule has 0 aliphatic heterocycles. The zero-order valence-electron chi connectivity index (χ0n) is 9.38. The van der Waals surface area contributed by atoms with Gasteiger partial charge in [0.05, 0.1) is 10.4 Å². The molecule has 0 aliphatic carbocycles. The highest BCUT2D eigenvalue weighted by molar-refractivity contribution is 7.13. The Labute approximate surface area is 106 Å². The van der Waals surface area contributed by atoms with Crippen molar-refractivity contribution < 1.29 is 14.4 Å². The molecule has 0 amide bonds. The molecule has 1 aromatic carbocycles. The van der Waals surface area contributed by atoms with Gasteiger partial charge in [-0.05, 0) is 24.5 Å². The van der Waals surface area contributed by atoms with E-state index >= 15 is 0 Å². The van der Waals surface area contributed by atoms with Gasteiger partial charge >= 0.3 is 5.97 Å². The second kappa shape index (κ2) is 3.92. The van der Waals surface area contributed by atoms with E-state index in [1.165, 1.54) is 17.6 Å². The molecule has 2 heterocycles. The maximum atomic E-state index is 10.8. The van der Waals surface area contributed by atoms with Crippen LogP contribution in [0.4, 0.5) is 0 Å². The van der Waals surface area contributed by atoms with E-state index in [-0.39, 0.29) is 5.69 Å². The monoisotopic (exact) mass is 260 g/mol. The summed E-state index contributed by atoms with van der Waals surface area (Å²) in [6.45, 7) is 1.91. The van der Waals surface area contributed by atoms with E-state index in [9.17, 15) is 4.79 Å². The summed E-state index contributed by atoms with van der Waals surface area (Å²) < 4.78 is 10.4. The van der Waals surface area contributed by atoms with Gasteiger partial charge in [-0.15, -0.1) is 0 Å². The fraction of sp³-hybridized carbons (Fsp3) is 0.0833. The number of rotatable bonds is 2. The molecule has 0 atom stereocenters. The largest absolute Gasteiger partial charge is 0.476 e. The van der Waals surface area contributed by atoms with Crippen molar-refractivity contribution >= 4 is 27.6 Å². The number of nitrogens with zero attached hydrogens (tertiary/aromatic N) is 2. The second-order valence-corrected chi connectivity index (χ2v) is 4.63. The van der Waals surface area contributed by atoms with E-state index in [4.69, 9.17) is 9.63 Å². The number of hydrogen-bond acceptors (Lipinski definition) is 5. The lowest BCUT2D eigenvalue weighted by Gasteiger charge is -1.98. The first-order chi connectivity index (χ1) is 8.66. The van der Waals surface area contributed by atoms with E-state index in [2.05, 4.69) is 9.53 Å². The van der Waals surface area contributed by atoms with Crippen LogP contribution in [-0.4, -0.2) is 20.6 Å². The van der Waals surface area contributed by atoms with Crippen LogP contribution in [0.3, 0.4) is 0 Å². The van der Waals surface area contributed by atoms with Crippen molar-refractivity contribution in [1.82, 2.24) is 9.53 Å². The van der Waals surface area contributed by atoms with Crippen LogP contribution < -0.4 is 0 Å². The number of carboxylic acids is 1. The lowest BCUT2D eigenvalue weighted by atomic mass is 10.1. The molecular weight excluding hydrogens is 252 g/mol. The summed E-state index contributed by atoms with van der Waals surface area (Å²) in [6.07, 6.45) is 0. The Hall–Kier alpha value is -2.21. The van der Waals surface area contributed by atoms with E-state index < -0.39 is 5.97 Å². The van der Waals surface area contributed by atoms with Gasteiger partial charge in [0.15, 0.2) is 11.5 Å². The van der Waals surface area contributed by atoms with Gasteiger partial charge in [0.25, 0.3) is 0 Å². The van der Waals surface area contributed by atoms with Crippen molar-refractivity contribution in [3.05, 3.63) is 35.7 Å². The van der Waals surface area contributed by atoms with Crippen LogP contribution in [0.15, 0.2) is 28.8 Å². The molecule has 0 spiro atoms. The van der Waals surface area contributed by atoms with Crippen molar-refractivity contribution in [3.63, 3.8) is 0 Å². The second-order valence-electron chi connectivity index (χ2n) is 3.83. The highest BCUT2D eigenvalue weighted by Gasteiger charge is 2.16. The van der Waals surface area contributed by atoms with Crippen LogP contribution in [0.1, 0.15) is 16.2 Å². The first-order valence-corrected chi connectivity index (χ1v) is 5.99. The molecule has 0 fully saturated rings. The number of carbonyl (C=O) groups is 1. The smallest absolute Gasteiger partial charge is 0.358 e. The van der Waals surface area contributed by atoms with E-state index in [1.54, 1.807) is 0 Å². The predicted octanol–water partition coefficient (Wildman–Crippen LogP) is 2.96. The molecule has 90 valence electrons. The molecule has 3 aromatic rings. The lowest BCUT2D eigenvalue weighted by molar-refractivity contribution is 0.0686. The molecule has 0 radical (unpaired) electrons. The molecule has 0 bridgehead atoms. The number of carboxylic acid groups (broad SMARTS) is 1. The van der Waals surface area contributed by atoms with Gasteiger partial charge in [-0.25, -0.2) is 4.79 Å². The third kappa shape index (κ3) is 1.58. The molecule has 0 aliphatic rings. The van der Waals surface area contributed by atoms with Crippen LogP contribution in [0, 0.1) is 6.92 Å². The van der Waals surface area contributed by atoms with Gasteiger partial charge in [0, 0.05) is 17.0 Å². The molecule has 2 aromatic heterocycles. The van der Waals surface area contributed by atoms with Crippen molar-refractivity contribution in [2.75, 3.05) is 0 Å². The minimum Gasteiger partial charge on any atom is -0.476 e. The molecule has 3 rings (SSSR count). The predicted molar refractivity (Wildman–Crippen MR) is 66.8 cm³/mol. The summed E-state index contributed by atoms with van der Waals surface area (Å²) >= 11 is 1.41. The highest BCUT2D eigenvalue weighted by atomic mass is 32.1. The Morgan fingerprint density at radius 3 is 3.00 bits per heavy atom. The van der Waals surface area contributed by atoms with Gasteiger partial charge in [-0.2, -0.15) is 4.37 Å². The number of hydrogen-bond donors (Lipinski definition) is 1. The molecule has 1 N–H and O–H groups in total. The van der Waals surface area contributed by atoms with Gasteiger partial charge in [0.2, 0.25) is 0 Å². The van der Waals surface area contributed by atoms with Gasteiger partial charge in [0.1, 0.15) is 0 Å². The third-order valence-corrected chi connectivity index (χ3v) is 3.57. The van der Waals surface area contributed by atoms with Gasteiger partial charge in [-0.1, -0.05) is 17.3 Å². The molecule has 5 nitrogen and oxygen atoms in total. The average molecular weight is 260 g/mol. The van der Waals surface area contributed by atoms with Crippen LogP contribution in [0.5, 0.6) is 0 Å². The number of benzene rings is 1. The minimum absolute atomic E-state index is 0.0946. The maximum Gasteiger partial charge on any atom is 0.358 e. The minimum atomic E-state index is -1.10. The van der Waals surface area contributed by atoms with Crippen LogP contribution in [-0.2, 0) is 0 Å². The Balaban J connectivity index is 2.24. The molecule has 6 heteroatoms. The summed E-state index contributed by atoms with van der Waals surface area (Å²) in [5, 5.41) is 13.3. The first-order valence-electron chi connectivity index (χ1n) is 5.22. The Bertz CT molecular complexity index is 745. The van der Waals surface area contributed by atoms with E-state index in [0.29, 0.717) is 5.76 Å². The number of aromatic carboxylic acids is 1. The Morgan fingerprint density at radius 2 is 2.28 bits per heavy atom. The Morgan fingerprint density at radius 1 is 1.44 bits per heavy atom. The highest BCUT2D eigenvalue weighted by Crippen LogP contribution is 2.33.